The molecule has 1 atom stereocenters. The number of alkyl carbamates (subject to hydrolysis) is 1. The monoisotopic (exact) mass is 296 g/mol. The molecule has 0 aliphatic carbocycles. The highest BCUT2D eigenvalue weighted by Crippen LogP contribution is 2.15. The summed E-state index contributed by atoms with van der Waals surface area (Å²) in [6, 6.07) is 0.250. The second-order valence-corrected chi connectivity index (χ2v) is 6.30. The summed E-state index contributed by atoms with van der Waals surface area (Å²) in [5.74, 6) is 0. The Labute approximate surface area is 127 Å². The molecule has 0 fully saturated rings. The van der Waals surface area contributed by atoms with E-state index in [1.54, 1.807) is 0 Å². The van der Waals surface area contributed by atoms with Gasteiger partial charge in [0.1, 0.15) is 5.60 Å². The van der Waals surface area contributed by atoms with Crippen LogP contribution in [-0.2, 0) is 11.8 Å². The maximum Gasteiger partial charge on any atom is 0.407 e. The number of hydrogen-bond donors (Lipinski definition) is 2. The van der Waals surface area contributed by atoms with Gasteiger partial charge >= 0.3 is 6.09 Å². The summed E-state index contributed by atoms with van der Waals surface area (Å²) in [5.41, 5.74) is 1.80. The number of carbonyl (C=O) groups excluding carboxylic acids is 1. The number of amides is 1. The van der Waals surface area contributed by atoms with Crippen LogP contribution in [0.2, 0.25) is 0 Å². The summed E-state index contributed by atoms with van der Waals surface area (Å²) in [7, 11) is 1.92. The zero-order valence-corrected chi connectivity index (χ0v) is 14.0. The summed E-state index contributed by atoms with van der Waals surface area (Å²) in [6.07, 6.45) is 2.52. The fourth-order valence-electron chi connectivity index (χ4n) is 2.06. The van der Waals surface area contributed by atoms with Gasteiger partial charge in [-0.2, -0.15) is 5.10 Å². The van der Waals surface area contributed by atoms with Gasteiger partial charge in [0.15, 0.2) is 0 Å². The third-order valence-corrected chi connectivity index (χ3v) is 2.99. The Bertz CT molecular complexity index is 463. The molecule has 120 valence electrons. The molecule has 0 aliphatic heterocycles. The highest BCUT2D eigenvalue weighted by molar-refractivity contribution is 5.67. The average Bonchev–Trinajstić information content (AvgIpc) is 2.65. The van der Waals surface area contributed by atoms with Gasteiger partial charge in [0.2, 0.25) is 0 Å². The molecular weight excluding hydrogens is 268 g/mol. The molecule has 0 bridgehead atoms. The minimum atomic E-state index is -0.450. The van der Waals surface area contributed by atoms with Crippen LogP contribution in [0.3, 0.4) is 0 Å². The van der Waals surface area contributed by atoms with Crippen molar-refractivity contribution < 1.29 is 9.53 Å². The van der Waals surface area contributed by atoms with Crippen LogP contribution >= 0.6 is 0 Å². The van der Waals surface area contributed by atoms with Gasteiger partial charge < -0.3 is 15.4 Å². The molecule has 1 aromatic heterocycles. The van der Waals surface area contributed by atoms with Crippen molar-refractivity contribution in [3.8, 4) is 0 Å². The van der Waals surface area contributed by atoms with Gasteiger partial charge in [-0.3, -0.25) is 4.68 Å². The number of aromatic nitrogens is 2. The van der Waals surface area contributed by atoms with E-state index in [-0.39, 0.29) is 12.1 Å². The average molecular weight is 296 g/mol. The molecule has 1 aromatic rings. The summed E-state index contributed by atoms with van der Waals surface area (Å²) in [5, 5.41) is 10.5. The lowest BCUT2D eigenvalue weighted by molar-refractivity contribution is 0.0527. The molecule has 21 heavy (non-hydrogen) atoms. The second kappa shape index (κ2) is 7.45. The van der Waals surface area contributed by atoms with Crippen molar-refractivity contribution in [2.75, 3.05) is 13.1 Å². The molecule has 0 saturated heterocycles. The number of hydrogen-bond acceptors (Lipinski definition) is 4. The van der Waals surface area contributed by atoms with E-state index < -0.39 is 5.60 Å². The quantitative estimate of drug-likeness (QED) is 0.790. The first-order valence-corrected chi connectivity index (χ1v) is 7.39. The van der Waals surface area contributed by atoms with Gasteiger partial charge in [0, 0.05) is 31.4 Å². The van der Waals surface area contributed by atoms with Crippen LogP contribution in [0, 0.1) is 6.92 Å². The molecule has 1 rings (SSSR count). The number of nitrogens with zero attached hydrogens (tertiary/aromatic N) is 2. The van der Waals surface area contributed by atoms with Crippen LogP contribution in [-0.4, -0.2) is 34.6 Å². The van der Waals surface area contributed by atoms with Gasteiger partial charge in [0.05, 0.1) is 5.69 Å². The van der Waals surface area contributed by atoms with Crippen LogP contribution in [0.15, 0.2) is 6.20 Å². The van der Waals surface area contributed by atoms with Crippen molar-refractivity contribution in [2.45, 2.75) is 52.7 Å². The van der Waals surface area contributed by atoms with Crippen LogP contribution in [0.4, 0.5) is 4.79 Å². The van der Waals surface area contributed by atoms with E-state index in [1.165, 1.54) is 5.56 Å². The van der Waals surface area contributed by atoms with Gasteiger partial charge in [-0.05, 0) is 47.6 Å². The molecule has 0 aromatic carbocycles. The maximum absolute atomic E-state index is 11.5. The predicted octanol–water partition coefficient (Wildman–Crippen LogP) is 2.29. The molecule has 6 nitrogen and oxygen atoms in total. The Morgan fingerprint density at radius 1 is 1.43 bits per heavy atom. The van der Waals surface area contributed by atoms with Crippen LogP contribution < -0.4 is 10.6 Å². The van der Waals surface area contributed by atoms with Crippen molar-refractivity contribution in [1.82, 2.24) is 20.4 Å². The zero-order chi connectivity index (χ0) is 16.0. The van der Waals surface area contributed by atoms with E-state index in [2.05, 4.69) is 22.7 Å². The Morgan fingerprint density at radius 3 is 2.62 bits per heavy atom. The standard InChI is InChI=1S/C15H28N4O2/c1-11(13-10-19(6)18-12(13)2)16-8-7-9-17-14(20)21-15(3,4)5/h10-11,16H,7-9H2,1-6H3,(H,17,20). The number of nitrogens with one attached hydrogen (secondary N) is 2. The Kier molecular flexibility index (Phi) is 6.20. The van der Waals surface area contributed by atoms with E-state index >= 15 is 0 Å². The Morgan fingerprint density at radius 2 is 2.10 bits per heavy atom. The first-order valence-electron chi connectivity index (χ1n) is 7.39. The second-order valence-electron chi connectivity index (χ2n) is 6.30. The normalized spacial score (nSPS) is 13.0. The minimum Gasteiger partial charge on any atom is -0.444 e. The number of aryl methyl sites for hydroxylation is 2. The number of rotatable bonds is 6. The van der Waals surface area contributed by atoms with Crippen molar-refractivity contribution in [2.24, 2.45) is 7.05 Å². The molecule has 0 aliphatic rings. The van der Waals surface area contributed by atoms with Crippen LogP contribution in [0.25, 0.3) is 0 Å². The molecule has 0 spiro atoms. The fourth-order valence-corrected chi connectivity index (χ4v) is 2.06. The lowest BCUT2D eigenvalue weighted by Crippen LogP contribution is -2.34. The van der Waals surface area contributed by atoms with Crippen molar-refractivity contribution in [3.05, 3.63) is 17.5 Å². The highest BCUT2D eigenvalue weighted by atomic mass is 16.6. The SMILES string of the molecule is Cc1nn(C)cc1C(C)NCCCNC(=O)OC(C)(C)C. The molecule has 1 amide bonds. The zero-order valence-electron chi connectivity index (χ0n) is 14.0. The molecule has 1 unspecified atom stereocenters. The Balaban J connectivity index is 2.20. The van der Waals surface area contributed by atoms with E-state index in [9.17, 15) is 4.79 Å². The smallest absolute Gasteiger partial charge is 0.407 e. The largest absolute Gasteiger partial charge is 0.444 e. The first kappa shape index (κ1) is 17.5. The van der Waals surface area contributed by atoms with Crippen molar-refractivity contribution in [1.29, 1.82) is 0 Å². The van der Waals surface area contributed by atoms with Crippen molar-refractivity contribution >= 4 is 6.09 Å². The van der Waals surface area contributed by atoms with Crippen molar-refractivity contribution in [3.63, 3.8) is 0 Å². The topological polar surface area (TPSA) is 68.2 Å². The predicted molar refractivity (Wildman–Crippen MR) is 83.2 cm³/mol. The molecular formula is C15H28N4O2. The van der Waals surface area contributed by atoms with Crippen LogP contribution in [0.1, 0.15) is 51.4 Å². The third-order valence-electron chi connectivity index (χ3n) is 2.99. The lowest BCUT2D eigenvalue weighted by Gasteiger charge is -2.19. The summed E-state index contributed by atoms with van der Waals surface area (Å²) < 4.78 is 7.00. The van der Waals surface area contributed by atoms with E-state index in [4.69, 9.17) is 4.74 Å². The van der Waals surface area contributed by atoms with E-state index in [1.807, 2.05) is 45.6 Å². The van der Waals surface area contributed by atoms with Gasteiger partial charge in [0.25, 0.3) is 0 Å². The molecule has 6 heteroatoms. The summed E-state index contributed by atoms with van der Waals surface area (Å²) in [6.45, 7) is 11.1. The van der Waals surface area contributed by atoms with Crippen LogP contribution in [0.5, 0.6) is 0 Å². The van der Waals surface area contributed by atoms with E-state index in [0.717, 1.165) is 18.7 Å². The van der Waals surface area contributed by atoms with Gasteiger partial charge in [-0.1, -0.05) is 0 Å². The number of ether oxygens (including phenoxy) is 1. The molecule has 0 radical (unpaired) electrons. The number of carbonyl (C=O) groups is 1. The third kappa shape index (κ3) is 6.62. The fraction of sp³-hybridized carbons (Fsp3) is 0.733. The molecule has 0 saturated carbocycles. The first-order chi connectivity index (χ1) is 9.69. The van der Waals surface area contributed by atoms with E-state index in [0.29, 0.717) is 6.54 Å². The summed E-state index contributed by atoms with van der Waals surface area (Å²) >= 11 is 0. The minimum absolute atomic E-state index is 0.250. The van der Waals surface area contributed by atoms with Gasteiger partial charge in [-0.15, -0.1) is 0 Å². The highest BCUT2D eigenvalue weighted by Gasteiger charge is 2.15. The summed E-state index contributed by atoms with van der Waals surface area (Å²) in [4.78, 5) is 11.5. The molecule has 1 heterocycles. The lowest BCUT2D eigenvalue weighted by atomic mass is 10.1. The molecule has 2 N–H and O–H groups in total. The maximum atomic E-state index is 11.5. The Hall–Kier alpha value is -1.56. The van der Waals surface area contributed by atoms with Gasteiger partial charge in [-0.25, -0.2) is 4.79 Å².